The molecule has 1 heterocycles. The number of hydrogen-bond donors (Lipinski definition) is 0. The zero-order chi connectivity index (χ0) is 21.1. The number of rotatable bonds is 8. The molecule has 0 bridgehead atoms. The van der Waals surface area contributed by atoms with E-state index in [-0.39, 0.29) is 25.1 Å². The smallest absolute Gasteiger partial charge is 0.254 e. The summed E-state index contributed by atoms with van der Waals surface area (Å²) < 4.78 is 24.9. The number of hydrogen-bond acceptors (Lipinski definition) is 5. The van der Waals surface area contributed by atoms with Crippen molar-refractivity contribution in [3.05, 3.63) is 76.1 Å². The molecule has 1 aromatic heterocycles. The summed E-state index contributed by atoms with van der Waals surface area (Å²) in [5.41, 5.74) is 0.848. The van der Waals surface area contributed by atoms with Gasteiger partial charge in [0.1, 0.15) is 11.6 Å². The van der Waals surface area contributed by atoms with Crippen molar-refractivity contribution in [2.45, 2.75) is 45.4 Å². The molecule has 0 radical (unpaired) electrons. The van der Waals surface area contributed by atoms with Crippen LogP contribution in [0.25, 0.3) is 0 Å². The third-order valence-corrected chi connectivity index (χ3v) is 5.27. The van der Waals surface area contributed by atoms with Crippen LogP contribution in [-0.4, -0.2) is 27.0 Å². The highest BCUT2D eigenvalue weighted by Crippen LogP contribution is 2.32. The molecule has 30 heavy (non-hydrogen) atoms. The van der Waals surface area contributed by atoms with Crippen LogP contribution in [0.1, 0.15) is 47.4 Å². The van der Waals surface area contributed by atoms with Crippen molar-refractivity contribution in [2.24, 2.45) is 0 Å². The maximum atomic E-state index is 14.2. The molecular weight excluding hydrogens is 409 g/mol. The van der Waals surface area contributed by atoms with Crippen molar-refractivity contribution >= 4 is 17.5 Å². The van der Waals surface area contributed by atoms with E-state index in [1.807, 2.05) is 6.92 Å². The predicted molar refractivity (Wildman–Crippen MR) is 109 cm³/mol. The molecule has 2 aromatic carbocycles. The predicted octanol–water partition coefficient (Wildman–Crippen LogP) is 4.81. The van der Waals surface area contributed by atoms with Gasteiger partial charge in [0.15, 0.2) is 6.61 Å². The second-order valence-electron chi connectivity index (χ2n) is 7.14. The molecule has 6 nitrogen and oxygen atoms in total. The van der Waals surface area contributed by atoms with Gasteiger partial charge in [-0.2, -0.15) is 4.98 Å². The first-order valence-corrected chi connectivity index (χ1v) is 10.2. The van der Waals surface area contributed by atoms with Gasteiger partial charge in [0.25, 0.3) is 5.91 Å². The Morgan fingerprint density at radius 3 is 2.67 bits per heavy atom. The number of amides is 1. The number of carbonyl (C=O) groups is 1. The molecule has 0 unspecified atom stereocenters. The lowest BCUT2D eigenvalue weighted by Crippen LogP contribution is -2.33. The van der Waals surface area contributed by atoms with Crippen molar-refractivity contribution in [3.63, 3.8) is 0 Å². The molecule has 1 aliphatic carbocycles. The molecule has 0 saturated heterocycles. The van der Waals surface area contributed by atoms with E-state index in [1.54, 1.807) is 41.3 Å². The molecule has 1 fully saturated rings. The van der Waals surface area contributed by atoms with E-state index in [2.05, 4.69) is 10.1 Å². The van der Waals surface area contributed by atoms with Gasteiger partial charge < -0.3 is 14.2 Å². The second kappa shape index (κ2) is 8.83. The molecule has 1 amide bonds. The minimum Gasteiger partial charge on any atom is -0.485 e. The van der Waals surface area contributed by atoms with Gasteiger partial charge in [-0.3, -0.25) is 4.79 Å². The number of carbonyl (C=O) groups excluding carboxylic acids is 1. The minimum absolute atomic E-state index is 0.107. The summed E-state index contributed by atoms with van der Waals surface area (Å²) in [6.07, 6.45) is 2.48. The Bertz CT molecular complexity index is 1010. The Kier molecular flexibility index (Phi) is 5.99. The Hall–Kier alpha value is -2.93. The van der Waals surface area contributed by atoms with E-state index >= 15 is 0 Å². The summed E-state index contributed by atoms with van der Waals surface area (Å²) in [4.78, 5) is 18.9. The third kappa shape index (κ3) is 4.62. The summed E-state index contributed by atoms with van der Waals surface area (Å²) in [6.45, 7) is 2.25. The SMILES string of the molecule is CCc1nc(COc2ccc(C(=O)N(Cc3c(F)cccc3Cl)C3CC3)cc2)no1. The Labute approximate surface area is 178 Å². The van der Waals surface area contributed by atoms with Gasteiger partial charge in [0, 0.05) is 28.6 Å². The van der Waals surface area contributed by atoms with Gasteiger partial charge in [0.2, 0.25) is 11.7 Å². The third-order valence-electron chi connectivity index (χ3n) is 4.92. The van der Waals surface area contributed by atoms with Crippen LogP contribution in [0.2, 0.25) is 5.02 Å². The van der Waals surface area contributed by atoms with Crippen LogP contribution in [0.5, 0.6) is 5.75 Å². The summed E-state index contributed by atoms with van der Waals surface area (Å²) >= 11 is 6.15. The van der Waals surface area contributed by atoms with Crippen LogP contribution in [-0.2, 0) is 19.6 Å². The average Bonchev–Trinajstić information content (AvgIpc) is 3.49. The van der Waals surface area contributed by atoms with Gasteiger partial charge in [-0.1, -0.05) is 29.7 Å². The molecule has 1 aliphatic rings. The van der Waals surface area contributed by atoms with E-state index in [4.69, 9.17) is 20.9 Å². The second-order valence-corrected chi connectivity index (χ2v) is 7.54. The van der Waals surface area contributed by atoms with E-state index in [1.165, 1.54) is 6.07 Å². The fraction of sp³-hybridized carbons (Fsp3) is 0.318. The molecule has 4 rings (SSSR count). The lowest BCUT2D eigenvalue weighted by Gasteiger charge is -2.23. The van der Waals surface area contributed by atoms with Crippen LogP contribution in [0.4, 0.5) is 4.39 Å². The van der Waals surface area contributed by atoms with Crippen molar-refractivity contribution < 1.29 is 18.4 Å². The van der Waals surface area contributed by atoms with Gasteiger partial charge in [-0.05, 0) is 49.2 Å². The Morgan fingerprint density at radius 2 is 2.03 bits per heavy atom. The van der Waals surface area contributed by atoms with Gasteiger partial charge in [0.05, 0.1) is 6.54 Å². The minimum atomic E-state index is -0.405. The molecular formula is C22H21ClFN3O3. The average molecular weight is 430 g/mol. The van der Waals surface area contributed by atoms with E-state index in [0.29, 0.717) is 40.0 Å². The Balaban J connectivity index is 1.43. The van der Waals surface area contributed by atoms with Crippen molar-refractivity contribution in [1.82, 2.24) is 15.0 Å². The van der Waals surface area contributed by atoms with Crippen molar-refractivity contribution in [2.75, 3.05) is 0 Å². The molecule has 0 atom stereocenters. The highest BCUT2D eigenvalue weighted by atomic mass is 35.5. The van der Waals surface area contributed by atoms with Crippen molar-refractivity contribution in [3.8, 4) is 5.75 Å². The standard InChI is InChI=1S/C22H21ClFN3O3/c1-2-21-25-20(26-30-21)13-29-16-10-6-14(7-11-16)22(28)27(15-8-9-15)12-17-18(23)4-3-5-19(17)24/h3-7,10-11,15H,2,8-9,12-13H2,1H3. The number of nitrogens with zero attached hydrogens (tertiary/aromatic N) is 3. The highest BCUT2D eigenvalue weighted by Gasteiger charge is 2.34. The lowest BCUT2D eigenvalue weighted by molar-refractivity contribution is 0.0728. The molecule has 3 aromatic rings. The summed E-state index contributed by atoms with van der Waals surface area (Å²) in [5, 5.41) is 4.16. The highest BCUT2D eigenvalue weighted by molar-refractivity contribution is 6.31. The summed E-state index contributed by atoms with van der Waals surface area (Å²) in [7, 11) is 0. The largest absolute Gasteiger partial charge is 0.485 e. The monoisotopic (exact) mass is 429 g/mol. The number of aryl methyl sites for hydroxylation is 1. The zero-order valence-electron chi connectivity index (χ0n) is 16.5. The maximum Gasteiger partial charge on any atom is 0.254 e. The molecule has 1 saturated carbocycles. The van der Waals surface area contributed by atoms with Crippen LogP contribution in [0, 0.1) is 5.82 Å². The van der Waals surface area contributed by atoms with Gasteiger partial charge in [-0.25, -0.2) is 4.39 Å². The fourth-order valence-electron chi connectivity index (χ4n) is 3.11. The maximum absolute atomic E-state index is 14.2. The first-order valence-electron chi connectivity index (χ1n) is 9.83. The quantitative estimate of drug-likeness (QED) is 0.514. The van der Waals surface area contributed by atoms with Gasteiger partial charge >= 0.3 is 0 Å². The van der Waals surface area contributed by atoms with Crippen LogP contribution >= 0.6 is 11.6 Å². The van der Waals surface area contributed by atoms with E-state index < -0.39 is 5.82 Å². The summed E-state index contributed by atoms with van der Waals surface area (Å²) in [6, 6.07) is 11.5. The number of halogens is 2. The van der Waals surface area contributed by atoms with Crippen LogP contribution in [0.3, 0.4) is 0 Å². The zero-order valence-corrected chi connectivity index (χ0v) is 17.2. The van der Waals surface area contributed by atoms with Crippen LogP contribution in [0.15, 0.2) is 47.0 Å². The lowest BCUT2D eigenvalue weighted by atomic mass is 10.1. The van der Waals surface area contributed by atoms with Gasteiger partial charge in [-0.15, -0.1) is 0 Å². The molecule has 0 spiro atoms. The first-order chi connectivity index (χ1) is 14.5. The van der Waals surface area contributed by atoms with E-state index in [0.717, 1.165) is 12.8 Å². The normalized spacial score (nSPS) is 13.3. The topological polar surface area (TPSA) is 68.5 Å². The van der Waals surface area contributed by atoms with E-state index in [9.17, 15) is 9.18 Å². The number of ether oxygens (including phenoxy) is 1. The molecule has 8 heteroatoms. The van der Waals surface area contributed by atoms with Crippen LogP contribution < -0.4 is 4.74 Å². The number of aromatic nitrogens is 2. The molecule has 0 aliphatic heterocycles. The fourth-order valence-corrected chi connectivity index (χ4v) is 3.33. The molecule has 0 N–H and O–H groups in total. The van der Waals surface area contributed by atoms with Crippen molar-refractivity contribution in [1.29, 1.82) is 0 Å². The Morgan fingerprint density at radius 1 is 1.27 bits per heavy atom. The first kappa shape index (κ1) is 20.3. The summed E-state index contributed by atoms with van der Waals surface area (Å²) in [5.74, 6) is 1.05. The number of benzene rings is 2. The molecule has 156 valence electrons.